The first-order valence-electron chi connectivity index (χ1n) is 4.68. The van der Waals surface area contributed by atoms with Crippen LogP contribution in [0.2, 0.25) is 0 Å². The van der Waals surface area contributed by atoms with Gasteiger partial charge in [-0.15, -0.1) is 0 Å². The van der Waals surface area contributed by atoms with Crippen LogP contribution in [0.5, 0.6) is 0 Å². The van der Waals surface area contributed by atoms with Crippen LogP contribution < -0.4 is 5.32 Å². The van der Waals surface area contributed by atoms with Crippen LogP contribution in [0.1, 0.15) is 30.0 Å². The lowest BCUT2D eigenvalue weighted by molar-refractivity contribution is 0.0936. The van der Waals surface area contributed by atoms with Crippen LogP contribution in [0.15, 0.2) is 10.7 Å². The van der Waals surface area contributed by atoms with E-state index in [1.165, 1.54) is 6.20 Å². The standard InChI is InChI=1S/C10H13N3O2/c1-6(2)9(4-11)13-10(14)8-5-12-15-7(8)3/h5-6,9H,1-3H3,(H,13,14). The van der Waals surface area contributed by atoms with Gasteiger partial charge in [-0.05, 0) is 12.8 Å². The highest BCUT2D eigenvalue weighted by atomic mass is 16.5. The maximum absolute atomic E-state index is 11.6. The van der Waals surface area contributed by atoms with E-state index in [0.29, 0.717) is 11.3 Å². The molecule has 1 aromatic heterocycles. The minimum atomic E-state index is -0.494. The molecule has 1 aromatic rings. The Kier molecular flexibility index (Phi) is 3.45. The second kappa shape index (κ2) is 4.60. The molecule has 0 saturated heterocycles. The van der Waals surface area contributed by atoms with E-state index in [2.05, 4.69) is 10.5 Å². The Hall–Kier alpha value is -1.83. The van der Waals surface area contributed by atoms with E-state index in [4.69, 9.17) is 9.78 Å². The molecule has 5 nitrogen and oxygen atoms in total. The highest BCUT2D eigenvalue weighted by molar-refractivity contribution is 5.95. The smallest absolute Gasteiger partial charge is 0.257 e. The summed E-state index contributed by atoms with van der Waals surface area (Å²) in [5.74, 6) is 0.195. The Bertz CT molecular complexity index is 390. The summed E-state index contributed by atoms with van der Waals surface area (Å²) in [6, 6.07) is 1.54. The fourth-order valence-electron chi connectivity index (χ4n) is 1.08. The number of nitriles is 1. The van der Waals surface area contributed by atoms with Gasteiger partial charge in [0.1, 0.15) is 17.4 Å². The van der Waals surface area contributed by atoms with Gasteiger partial charge in [-0.1, -0.05) is 19.0 Å². The lowest BCUT2D eigenvalue weighted by atomic mass is 10.1. The lowest BCUT2D eigenvalue weighted by Gasteiger charge is -2.13. The van der Waals surface area contributed by atoms with Gasteiger partial charge < -0.3 is 9.84 Å². The van der Waals surface area contributed by atoms with Gasteiger partial charge in [-0.25, -0.2) is 0 Å². The number of carbonyl (C=O) groups is 1. The molecule has 1 amide bonds. The van der Waals surface area contributed by atoms with Gasteiger partial charge in [-0.3, -0.25) is 4.79 Å². The Labute approximate surface area is 88.1 Å². The fraction of sp³-hybridized carbons (Fsp3) is 0.500. The maximum Gasteiger partial charge on any atom is 0.257 e. The van der Waals surface area contributed by atoms with Gasteiger partial charge >= 0.3 is 0 Å². The summed E-state index contributed by atoms with van der Waals surface area (Å²) in [6.45, 7) is 5.39. The number of aromatic nitrogens is 1. The maximum atomic E-state index is 11.6. The molecule has 5 heteroatoms. The summed E-state index contributed by atoms with van der Waals surface area (Å²) in [5, 5.41) is 14.9. The molecule has 0 bridgehead atoms. The molecule has 1 N–H and O–H groups in total. The molecule has 0 aliphatic carbocycles. The summed E-state index contributed by atoms with van der Waals surface area (Å²) in [4.78, 5) is 11.6. The predicted molar refractivity (Wildman–Crippen MR) is 52.9 cm³/mol. The van der Waals surface area contributed by atoms with Crippen molar-refractivity contribution >= 4 is 5.91 Å². The van der Waals surface area contributed by atoms with Crippen molar-refractivity contribution < 1.29 is 9.32 Å². The van der Waals surface area contributed by atoms with Crippen molar-refractivity contribution in [1.29, 1.82) is 5.26 Å². The zero-order valence-electron chi connectivity index (χ0n) is 8.94. The number of carbonyl (C=O) groups excluding carboxylic acids is 1. The third-order valence-electron chi connectivity index (χ3n) is 2.09. The van der Waals surface area contributed by atoms with Crippen molar-refractivity contribution in [3.05, 3.63) is 17.5 Å². The molecule has 1 rings (SSSR count). The summed E-state index contributed by atoms with van der Waals surface area (Å²) in [6.07, 6.45) is 1.35. The lowest BCUT2D eigenvalue weighted by Crippen LogP contribution is -2.37. The zero-order chi connectivity index (χ0) is 11.4. The molecule has 0 aliphatic rings. The average molecular weight is 207 g/mol. The molecule has 1 atom stereocenters. The average Bonchev–Trinajstić information content (AvgIpc) is 2.60. The summed E-state index contributed by atoms with van der Waals surface area (Å²) in [7, 11) is 0. The van der Waals surface area contributed by atoms with Gasteiger partial charge in [0.05, 0.1) is 12.3 Å². The zero-order valence-corrected chi connectivity index (χ0v) is 8.94. The van der Waals surface area contributed by atoms with Crippen molar-refractivity contribution in [2.24, 2.45) is 5.92 Å². The van der Waals surface area contributed by atoms with Crippen molar-refractivity contribution in [2.45, 2.75) is 26.8 Å². The molecule has 80 valence electrons. The van der Waals surface area contributed by atoms with Crippen molar-refractivity contribution in [2.75, 3.05) is 0 Å². The Balaban J connectivity index is 2.72. The van der Waals surface area contributed by atoms with Gasteiger partial charge in [0.15, 0.2) is 0 Å². The van der Waals surface area contributed by atoms with E-state index in [1.54, 1.807) is 6.92 Å². The van der Waals surface area contributed by atoms with E-state index >= 15 is 0 Å². The molecule has 15 heavy (non-hydrogen) atoms. The summed E-state index contributed by atoms with van der Waals surface area (Å²) < 4.78 is 4.77. The third kappa shape index (κ3) is 2.56. The predicted octanol–water partition coefficient (Wildman–Crippen LogP) is 1.26. The summed E-state index contributed by atoms with van der Waals surface area (Å²) in [5.41, 5.74) is 0.371. The van der Waals surface area contributed by atoms with Crippen molar-refractivity contribution in [1.82, 2.24) is 10.5 Å². The Morgan fingerprint density at radius 2 is 2.33 bits per heavy atom. The number of hydrogen-bond acceptors (Lipinski definition) is 4. The van der Waals surface area contributed by atoms with Crippen molar-refractivity contribution in [3.63, 3.8) is 0 Å². The molecular weight excluding hydrogens is 194 g/mol. The van der Waals surface area contributed by atoms with Gasteiger partial charge in [-0.2, -0.15) is 5.26 Å². The molecular formula is C10H13N3O2. The fourth-order valence-corrected chi connectivity index (χ4v) is 1.08. The van der Waals surface area contributed by atoms with Crippen LogP contribution >= 0.6 is 0 Å². The SMILES string of the molecule is Cc1oncc1C(=O)NC(C#N)C(C)C. The van der Waals surface area contributed by atoms with E-state index < -0.39 is 6.04 Å². The number of hydrogen-bond donors (Lipinski definition) is 1. The third-order valence-corrected chi connectivity index (χ3v) is 2.09. The van der Waals surface area contributed by atoms with Crippen LogP contribution in [0.25, 0.3) is 0 Å². The first kappa shape index (κ1) is 11.2. The molecule has 0 aliphatic heterocycles. The highest BCUT2D eigenvalue weighted by Gasteiger charge is 2.19. The van der Waals surface area contributed by atoms with Crippen LogP contribution in [0.3, 0.4) is 0 Å². The molecule has 0 radical (unpaired) electrons. The van der Waals surface area contributed by atoms with E-state index in [9.17, 15) is 4.79 Å². The first-order chi connectivity index (χ1) is 7.06. The minimum absolute atomic E-state index is 0.0686. The number of aryl methyl sites for hydroxylation is 1. The van der Waals surface area contributed by atoms with Gasteiger partial charge in [0, 0.05) is 0 Å². The van der Waals surface area contributed by atoms with E-state index in [0.717, 1.165) is 0 Å². The molecule has 0 saturated carbocycles. The monoisotopic (exact) mass is 207 g/mol. The topological polar surface area (TPSA) is 78.9 Å². The van der Waals surface area contributed by atoms with Crippen LogP contribution in [-0.2, 0) is 0 Å². The van der Waals surface area contributed by atoms with E-state index in [-0.39, 0.29) is 11.8 Å². The first-order valence-corrected chi connectivity index (χ1v) is 4.68. The van der Waals surface area contributed by atoms with Crippen molar-refractivity contribution in [3.8, 4) is 6.07 Å². The molecule has 0 spiro atoms. The number of amides is 1. The van der Waals surface area contributed by atoms with Gasteiger partial charge in [0.25, 0.3) is 5.91 Å². The van der Waals surface area contributed by atoms with Gasteiger partial charge in [0.2, 0.25) is 0 Å². The largest absolute Gasteiger partial charge is 0.361 e. The second-order valence-electron chi connectivity index (χ2n) is 3.62. The molecule has 1 heterocycles. The Morgan fingerprint density at radius 3 is 2.73 bits per heavy atom. The second-order valence-corrected chi connectivity index (χ2v) is 3.62. The van der Waals surface area contributed by atoms with Crippen LogP contribution in [0, 0.1) is 24.2 Å². The number of rotatable bonds is 3. The van der Waals surface area contributed by atoms with Crippen LogP contribution in [-0.4, -0.2) is 17.1 Å². The Morgan fingerprint density at radius 1 is 1.67 bits per heavy atom. The quantitative estimate of drug-likeness (QED) is 0.809. The molecule has 0 aromatic carbocycles. The summed E-state index contributed by atoms with van der Waals surface area (Å²) >= 11 is 0. The molecule has 1 unspecified atom stereocenters. The minimum Gasteiger partial charge on any atom is -0.361 e. The highest BCUT2D eigenvalue weighted by Crippen LogP contribution is 2.07. The normalized spacial score (nSPS) is 12.2. The van der Waals surface area contributed by atoms with E-state index in [1.807, 2.05) is 19.9 Å². The number of nitrogens with zero attached hydrogens (tertiary/aromatic N) is 2. The number of nitrogens with one attached hydrogen (secondary N) is 1. The molecule has 0 fully saturated rings. The van der Waals surface area contributed by atoms with Crippen LogP contribution in [0.4, 0.5) is 0 Å².